The van der Waals surface area contributed by atoms with Crippen LogP contribution in [-0.4, -0.2) is 36.5 Å². The Bertz CT molecular complexity index is 1030. The third kappa shape index (κ3) is 3.45. The molecule has 2 aliphatic carbocycles. The second kappa shape index (κ2) is 7.79. The zero-order valence-corrected chi connectivity index (χ0v) is 18.2. The number of likely N-dealkylation sites (tertiary alicyclic amines) is 1. The van der Waals surface area contributed by atoms with Gasteiger partial charge in [0.1, 0.15) is 17.1 Å². The lowest BCUT2D eigenvalue weighted by atomic mass is 9.52. The van der Waals surface area contributed by atoms with Gasteiger partial charge in [-0.05, 0) is 80.6 Å². The van der Waals surface area contributed by atoms with Crippen LogP contribution < -0.4 is 9.47 Å². The number of carbonyl (C=O) groups excluding carboxylic acids is 2. The van der Waals surface area contributed by atoms with Gasteiger partial charge >= 0.3 is 11.9 Å². The maximum absolute atomic E-state index is 12.9. The number of piperidine rings is 1. The van der Waals surface area contributed by atoms with Gasteiger partial charge in [0, 0.05) is 18.4 Å². The van der Waals surface area contributed by atoms with Crippen molar-refractivity contribution in [2.24, 2.45) is 5.92 Å². The fourth-order valence-electron chi connectivity index (χ4n) is 6.28. The lowest BCUT2D eigenvalue weighted by molar-refractivity contribution is -0.131. The Balaban J connectivity index is 1.47. The van der Waals surface area contributed by atoms with Gasteiger partial charge in [0.25, 0.3) is 0 Å². The zero-order chi connectivity index (χ0) is 21.6. The third-order valence-electron chi connectivity index (χ3n) is 7.66. The van der Waals surface area contributed by atoms with Gasteiger partial charge < -0.3 is 14.4 Å². The number of benzene rings is 2. The molecule has 5 rings (SSSR count). The van der Waals surface area contributed by atoms with Gasteiger partial charge in [-0.15, -0.1) is 0 Å². The molecule has 1 heterocycles. The number of fused-ring (bicyclic) bond motifs is 1. The van der Waals surface area contributed by atoms with Crippen LogP contribution in [0.15, 0.2) is 42.5 Å². The largest absolute Gasteiger partial charge is 0.426 e. The monoisotopic (exact) mass is 419 g/mol. The van der Waals surface area contributed by atoms with E-state index in [1.54, 1.807) is 24.3 Å². The van der Waals surface area contributed by atoms with E-state index in [0.29, 0.717) is 17.7 Å². The molecule has 1 saturated heterocycles. The summed E-state index contributed by atoms with van der Waals surface area (Å²) in [6.07, 6.45) is 7.34. The molecule has 5 nitrogen and oxygen atoms in total. The highest BCUT2D eigenvalue weighted by Crippen LogP contribution is 2.55. The summed E-state index contributed by atoms with van der Waals surface area (Å²) >= 11 is 0. The van der Waals surface area contributed by atoms with Gasteiger partial charge in [-0.2, -0.15) is 0 Å². The predicted octanol–water partition coefficient (Wildman–Crippen LogP) is 4.52. The zero-order valence-electron chi connectivity index (χ0n) is 18.2. The molecule has 0 radical (unpaired) electrons. The number of likely N-dealkylation sites (N-methyl/N-ethyl adjacent to an activating group) is 1. The fourth-order valence-corrected chi connectivity index (χ4v) is 6.28. The van der Waals surface area contributed by atoms with Crippen LogP contribution >= 0.6 is 0 Å². The van der Waals surface area contributed by atoms with Gasteiger partial charge in [-0.3, -0.25) is 4.79 Å². The summed E-state index contributed by atoms with van der Waals surface area (Å²) in [5.74, 6) is 0.502. The van der Waals surface area contributed by atoms with Crippen molar-refractivity contribution < 1.29 is 19.1 Å². The van der Waals surface area contributed by atoms with E-state index in [0.717, 1.165) is 13.0 Å². The van der Waals surface area contributed by atoms with Crippen LogP contribution in [0.25, 0.3) is 0 Å². The van der Waals surface area contributed by atoms with Crippen molar-refractivity contribution in [3.63, 3.8) is 0 Å². The summed E-state index contributed by atoms with van der Waals surface area (Å²) in [7, 11) is 2.27. The second-order valence-corrected chi connectivity index (χ2v) is 9.31. The minimum Gasteiger partial charge on any atom is -0.426 e. The standard InChI is InChI=1S/C26H29NO4/c1-17(28)30-24-9-4-3-7-20(24)25(29)31-19-11-10-18-15-23-21-8-5-6-12-26(21,22(18)16-19)13-14-27(23)2/h3-4,7,9-11,16,21,23H,5-6,8,12-15H2,1-2H3/t21-,23-,26-/m1/s1. The lowest BCUT2D eigenvalue weighted by Crippen LogP contribution is -2.59. The van der Waals surface area contributed by atoms with E-state index in [4.69, 9.17) is 9.47 Å². The molecule has 31 heavy (non-hydrogen) atoms. The molecule has 1 saturated carbocycles. The van der Waals surface area contributed by atoms with Crippen LogP contribution in [0.4, 0.5) is 0 Å². The van der Waals surface area contributed by atoms with Crippen LogP contribution in [0.1, 0.15) is 60.5 Å². The highest BCUT2D eigenvalue weighted by Gasteiger charge is 2.53. The SMILES string of the molecule is CC(=O)Oc1ccccc1C(=O)Oc1ccc2c(c1)[C@@]13CCCC[C@@H]1[C@@H](C2)N(C)CC3. The van der Waals surface area contributed by atoms with E-state index in [1.165, 1.54) is 50.2 Å². The Morgan fingerprint density at radius 1 is 1.06 bits per heavy atom. The molecule has 0 N–H and O–H groups in total. The smallest absolute Gasteiger partial charge is 0.347 e. The highest BCUT2D eigenvalue weighted by atomic mass is 16.5. The quantitative estimate of drug-likeness (QED) is 0.541. The summed E-state index contributed by atoms with van der Waals surface area (Å²) in [4.78, 5) is 26.8. The van der Waals surface area contributed by atoms with Crippen LogP contribution in [0, 0.1) is 5.92 Å². The molecule has 1 aliphatic heterocycles. The lowest BCUT2D eigenvalue weighted by Gasteiger charge is -2.58. The Hall–Kier alpha value is -2.66. The number of carbonyl (C=O) groups is 2. The number of rotatable bonds is 3. The minimum atomic E-state index is -0.508. The first-order valence-corrected chi connectivity index (χ1v) is 11.3. The summed E-state index contributed by atoms with van der Waals surface area (Å²) in [5, 5.41) is 0. The first-order valence-electron chi connectivity index (χ1n) is 11.3. The third-order valence-corrected chi connectivity index (χ3v) is 7.66. The predicted molar refractivity (Wildman–Crippen MR) is 118 cm³/mol. The van der Waals surface area contributed by atoms with Crippen molar-refractivity contribution in [3.05, 3.63) is 59.2 Å². The maximum atomic E-state index is 12.9. The molecular formula is C26H29NO4. The Morgan fingerprint density at radius 3 is 2.74 bits per heavy atom. The van der Waals surface area contributed by atoms with Crippen LogP contribution in [0.3, 0.4) is 0 Å². The molecule has 2 aromatic carbocycles. The highest BCUT2D eigenvalue weighted by molar-refractivity contribution is 5.94. The fraction of sp³-hybridized carbons (Fsp3) is 0.462. The Labute approximate surface area is 183 Å². The van der Waals surface area contributed by atoms with Gasteiger partial charge in [-0.25, -0.2) is 4.79 Å². The molecule has 5 heteroatoms. The van der Waals surface area contributed by atoms with E-state index in [2.05, 4.69) is 24.1 Å². The van der Waals surface area contributed by atoms with E-state index in [1.807, 2.05) is 6.07 Å². The minimum absolute atomic E-state index is 0.209. The molecule has 2 fully saturated rings. The van der Waals surface area contributed by atoms with Crippen LogP contribution in [0.5, 0.6) is 11.5 Å². The molecule has 0 unspecified atom stereocenters. The summed E-state index contributed by atoms with van der Waals surface area (Å²) in [6, 6.07) is 13.5. The van der Waals surface area contributed by atoms with E-state index in [-0.39, 0.29) is 16.7 Å². The van der Waals surface area contributed by atoms with Gasteiger partial charge in [0.05, 0.1) is 0 Å². The van der Waals surface area contributed by atoms with Gasteiger partial charge in [0.15, 0.2) is 0 Å². The normalized spacial score (nSPS) is 27.0. The first-order chi connectivity index (χ1) is 15.0. The van der Waals surface area contributed by atoms with Gasteiger partial charge in [-0.1, -0.05) is 31.0 Å². The van der Waals surface area contributed by atoms with Crippen molar-refractivity contribution in [3.8, 4) is 11.5 Å². The average Bonchev–Trinajstić information content (AvgIpc) is 2.76. The van der Waals surface area contributed by atoms with Crippen molar-refractivity contribution in [2.75, 3.05) is 13.6 Å². The van der Waals surface area contributed by atoms with E-state index < -0.39 is 11.9 Å². The molecule has 2 aromatic rings. The molecule has 162 valence electrons. The van der Waals surface area contributed by atoms with Crippen molar-refractivity contribution >= 4 is 11.9 Å². The summed E-state index contributed by atoms with van der Waals surface area (Å²) in [6.45, 7) is 2.45. The topological polar surface area (TPSA) is 55.8 Å². The number of para-hydroxylation sites is 1. The number of esters is 2. The second-order valence-electron chi connectivity index (χ2n) is 9.31. The van der Waals surface area contributed by atoms with Crippen molar-refractivity contribution in [1.29, 1.82) is 0 Å². The molecular weight excluding hydrogens is 390 g/mol. The molecule has 3 aliphatic rings. The average molecular weight is 420 g/mol. The van der Waals surface area contributed by atoms with Crippen LogP contribution in [-0.2, 0) is 16.6 Å². The van der Waals surface area contributed by atoms with Crippen molar-refractivity contribution in [1.82, 2.24) is 4.90 Å². The maximum Gasteiger partial charge on any atom is 0.347 e. The number of nitrogens with zero attached hydrogens (tertiary/aromatic N) is 1. The van der Waals surface area contributed by atoms with Crippen molar-refractivity contribution in [2.45, 2.75) is 56.9 Å². The molecule has 2 bridgehead atoms. The summed E-state index contributed by atoms with van der Waals surface area (Å²) < 4.78 is 11.0. The first kappa shape index (κ1) is 20.3. The molecule has 0 amide bonds. The number of hydrogen-bond donors (Lipinski definition) is 0. The van der Waals surface area contributed by atoms with Crippen LogP contribution in [0.2, 0.25) is 0 Å². The molecule has 3 atom stereocenters. The number of hydrogen-bond acceptors (Lipinski definition) is 5. The van der Waals surface area contributed by atoms with Gasteiger partial charge in [0.2, 0.25) is 0 Å². The van der Waals surface area contributed by atoms with E-state index >= 15 is 0 Å². The summed E-state index contributed by atoms with van der Waals surface area (Å²) in [5.41, 5.74) is 3.25. The molecule has 0 spiro atoms. The Kier molecular flexibility index (Phi) is 5.09. The molecule has 0 aromatic heterocycles. The van der Waals surface area contributed by atoms with E-state index in [9.17, 15) is 9.59 Å². The Morgan fingerprint density at radius 2 is 1.90 bits per heavy atom. The number of ether oxygens (including phenoxy) is 2.